The Labute approximate surface area is 159 Å². The minimum absolute atomic E-state index is 0.0387. The molecule has 1 rings (SSSR count). The van der Waals surface area contributed by atoms with Crippen molar-refractivity contribution in [1.29, 1.82) is 0 Å². The lowest BCUT2D eigenvalue weighted by molar-refractivity contribution is -0.142. The van der Waals surface area contributed by atoms with E-state index < -0.39 is 24.5 Å². The largest absolute Gasteiger partial charge is 0.480 e. The molecule has 0 spiro atoms. The molecule has 0 aromatic heterocycles. The zero-order chi connectivity index (χ0) is 16.3. The summed E-state index contributed by atoms with van der Waals surface area (Å²) < 4.78 is 10.2. The number of ether oxygens (including phenoxy) is 2. The maximum Gasteiger partial charge on any atom is 0.343 e. The molecule has 1 aromatic carbocycles. The van der Waals surface area contributed by atoms with Gasteiger partial charge < -0.3 is 19.7 Å². The van der Waals surface area contributed by atoms with E-state index in [9.17, 15) is 24.6 Å². The molecular formula is C11H7I3O7. The van der Waals surface area contributed by atoms with E-state index in [-0.39, 0.29) is 27.6 Å². The number of aromatic carboxylic acids is 2. The third-order valence-electron chi connectivity index (χ3n) is 2.27. The monoisotopic (exact) mass is 632 g/mol. The second-order valence-corrected chi connectivity index (χ2v) is 6.73. The van der Waals surface area contributed by atoms with Crippen LogP contribution < -0.4 is 4.74 Å². The van der Waals surface area contributed by atoms with Gasteiger partial charge in [-0.15, -0.1) is 0 Å². The lowest BCUT2D eigenvalue weighted by atomic mass is 10.1. The summed E-state index contributed by atoms with van der Waals surface area (Å²) in [7, 11) is 1.18. The molecule has 0 amide bonds. The Morgan fingerprint density at radius 2 is 1.38 bits per heavy atom. The van der Waals surface area contributed by atoms with Crippen molar-refractivity contribution in [3.63, 3.8) is 0 Å². The summed E-state index contributed by atoms with van der Waals surface area (Å²) in [5.74, 6) is -3.16. The molecule has 10 heteroatoms. The van der Waals surface area contributed by atoms with Gasteiger partial charge in [0.05, 0.1) is 25.4 Å². The van der Waals surface area contributed by atoms with E-state index in [4.69, 9.17) is 4.74 Å². The number of rotatable bonds is 5. The Morgan fingerprint density at radius 3 is 1.71 bits per heavy atom. The van der Waals surface area contributed by atoms with E-state index >= 15 is 0 Å². The smallest absolute Gasteiger partial charge is 0.343 e. The molecule has 114 valence electrons. The van der Waals surface area contributed by atoms with Crippen molar-refractivity contribution in [2.45, 2.75) is 0 Å². The van der Waals surface area contributed by atoms with Crippen LogP contribution in [-0.2, 0) is 9.53 Å². The van der Waals surface area contributed by atoms with E-state index in [1.165, 1.54) is 7.11 Å². The number of carbonyl (C=O) groups is 3. The van der Waals surface area contributed by atoms with Crippen LogP contribution in [0.4, 0.5) is 0 Å². The van der Waals surface area contributed by atoms with Crippen molar-refractivity contribution in [2.24, 2.45) is 0 Å². The van der Waals surface area contributed by atoms with Gasteiger partial charge in [-0.3, -0.25) is 0 Å². The lowest BCUT2D eigenvalue weighted by Gasteiger charge is -2.15. The third-order valence-corrected chi connectivity index (χ3v) is 5.40. The topological polar surface area (TPSA) is 110 Å². The number of hydrogen-bond acceptors (Lipinski definition) is 5. The molecule has 7 nitrogen and oxygen atoms in total. The van der Waals surface area contributed by atoms with E-state index in [0.717, 1.165) is 0 Å². The van der Waals surface area contributed by atoms with E-state index in [0.29, 0.717) is 0 Å². The first-order chi connectivity index (χ1) is 9.72. The molecule has 0 bridgehead atoms. The van der Waals surface area contributed by atoms with Gasteiger partial charge >= 0.3 is 17.9 Å². The highest BCUT2D eigenvalue weighted by molar-refractivity contribution is 14.1. The summed E-state index contributed by atoms with van der Waals surface area (Å²) in [5.41, 5.74) is -0.345. The summed E-state index contributed by atoms with van der Waals surface area (Å²) in [6, 6.07) is 0. The van der Waals surface area contributed by atoms with Gasteiger partial charge in [0.2, 0.25) is 0 Å². The normalized spacial score (nSPS) is 10.1. The molecule has 0 aliphatic carbocycles. The fraction of sp³-hybridized carbons (Fsp3) is 0.182. The molecule has 0 fully saturated rings. The highest BCUT2D eigenvalue weighted by Gasteiger charge is 2.28. The minimum Gasteiger partial charge on any atom is -0.480 e. The van der Waals surface area contributed by atoms with Gasteiger partial charge in [0.15, 0.2) is 6.61 Å². The van der Waals surface area contributed by atoms with Crippen LogP contribution >= 0.6 is 67.8 Å². The third kappa shape index (κ3) is 4.08. The van der Waals surface area contributed by atoms with Gasteiger partial charge in [0.1, 0.15) is 5.75 Å². The molecule has 2 N–H and O–H groups in total. The van der Waals surface area contributed by atoms with Crippen LogP contribution in [0.2, 0.25) is 0 Å². The molecular weight excluding hydrogens is 625 g/mol. The number of carboxylic acid groups (broad SMARTS) is 2. The van der Waals surface area contributed by atoms with Gasteiger partial charge in [-0.25, -0.2) is 14.4 Å². The predicted molar refractivity (Wildman–Crippen MR) is 96.0 cm³/mol. The van der Waals surface area contributed by atoms with Crippen molar-refractivity contribution in [3.8, 4) is 5.75 Å². The van der Waals surface area contributed by atoms with E-state index in [1.807, 2.05) is 0 Å². The zero-order valence-corrected chi connectivity index (χ0v) is 16.7. The maximum atomic E-state index is 11.3. The van der Waals surface area contributed by atoms with Crippen LogP contribution in [-0.4, -0.2) is 41.8 Å². The van der Waals surface area contributed by atoms with Crippen LogP contribution in [0.15, 0.2) is 0 Å². The molecule has 21 heavy (non-hydrogen) atoms. The molecule has 0 saturated carbocycles. The summed E-state index contributed by atoms with van der Waals surface area (Å²) >= 11 is 5.16. The van der Waals surface area contributed by atoms with Crippen LogP contribution in [0.3, 0.4) is 0 Å². The molecule has 0 atom stereocenters. The molecule has 0 heterocycles. The van der Waals surface area contributed by atoms with Crippen LogP contribution in [0, 0.1) is 10.7 Å². The fourth-order valence-corrected chi connectivity index (χ4v) is 5.73. The minimum atomic E-state index is -1.27. The lowest BCUT2D eigenvalue weighted by Crippen LogP contribution is -2.18. The van der Waals surface area contributed by atoms with Crippen LogP contribution in [0.5, 0.6) is 5.75 Å². The highest BCUT2D eigenvalue weighted by atomic mass is 127. The summed E-state index contributed by atoms with van der Waals surface area (Å²) in [6.45, 7) is -0.443. The first-order valence-electron chi connectivity index (χ1n) is 5.09. The molecule has 0 aliphatic rings. The number of methoxy groups -OCH3 is 1. The molecule has 1 aromatic rings. The number of benzene rings is 1. The van der Waals surface area contributed by atoms with Gasteiger partial charge in [-0.05, 0) is 67.8 Å². The highest BCUT2D eigenvalue weighted by Crippen LogP contribution is 2.37. The van der Waals surface area contributed by atoms with Gasteiger partial charge in [0, 0.05) is 3.57 Å². The molecule has 0 radical (unpaired) electrons. The Bertz CT molecular complexity index is 586. The fourth-order valence-electron chi connectivity index (χ4n) is 1.33. The quantitative estimate of drug-likeness (QED) is 0.380. The molecule has 0 aliphatic heterocycles. The van der Waals surface area contributed by atoms with Crippen molar-refractivity contribution in [1.82, 2.24) is 0 Å². The summed E-state index contributed by atoms with van der Waals surface area (Å²) in [4.78, 5) is 33.8. The number of halogens is 3. The Morgan fingerprint density at radius 1 is 0.952 bits per heavy atom. The van der Waals surface area contributed by atoms with Crippen molar-refractivity contribution >= 4 is 85.7 Å². The number of hydrogen-bond donors (Lipinski definition) is 2. The Hall–Kier alpha value is -0.380. The second kappa shape index (κ2) is 7.75. The zero-order valence-electron chi connectivity index (χ0n) is 10.3. The van der Waals surface area contributed by atoms with Gasteiger partial charge in [0.25, 0.3) is 0 Å². The SMILES string of the molecule is COC(=O)COc1c(I)c(C(=O)O)c(I)c(C(=O)O)c1I. The Balaban J connectivity index is 3.52. The second-order valence-electron chi connectivity index (χ2n) is 3.50. The maximum absolute atomic E-state index is 11.3. The first-order valence-corrected chi connectivity index (χ1v) is 8.32. The number of carboxylic acids is 2. The van der Waals surface area contributed by atoms with Gasteiger partial charge in [-0.2, -0.15) is 0 Å². The van der Waals surface area contributed by atoms with Crippen molar-refractivity contribution in [2.75, 3.05) is 13.7 Å². The standard InChI is InChI=1S/C11H7I3O7/c1-20-3(15)2-21-9-7(13)4(10(16)17)6(12)5(8(9)14)11(18)19/h2H2,1H3,(H,16,17)(H,18,19). The summed E-state index contributed by atoms with van der Waals surface area (Å²) in [5, 5.41) is 18.5. The van der Waals surface area contributed by atoms with E-state index in [1.54, 1.807) is 67.8 Å². The van der Waals surface area contributed by atoms with Crippen molar-refractivity contribution in [3.05, 3.63) is 21.8 Å². The van der Waals surface area contributed by atoms with Crippen LogP contribution in [0.1, 0.15) is 20.7 Å². The van der Waals surface area contributed by atoms with Crippen LogP contribution in [0.25, 0.3) is 0 Å². The molecule has 0 saturated heterocycles. The summed E-state index contributed by atoms with van der Waals surface area (Å²) in [6.07, 6.45) is 0. The average Bonchev–Trinajstić information content (AvgIpc) is 2.36. The van der Waals surface area contributed by atoms with Gasteiger partial charge in [-0.1, -0.05) is 0 Å². The number of esters is 1. The van der Waals surface area contributed by atoms with Crippen molar-refractivity contribution < 1.29 is 34.1 Å². The number of carbonyl (C=O) groups excluding carboxylic acids is 1. The Kier molecular flexibility index (Phi) is 6.89. The molecule has 0 unspecified atom stereocenters. The van der Waals surface area contributed by atoms with E-state index in [2.05, 4.69) is 4.74 Å². The average molecular weight is 632 g/mol. The predicted octanol–water partition coefficient (Wildman–Crippen LogP) is 2.45. The first kappa shape index (κ1) is 18.7.